The van der Waals surface area contributed by atoms with Crippen molar-refractivity contribution in [1.82, 2.24) is 19.5 Å². The lowest BCUT2D eigenvalue weighted by atomic mass is 10.1. The summed E-state index contributed by atoms with van der Waals surface area (Å²) in [5, 5.41) is -4.04. The van der Waals surface area contributed by atoms with Gasteiger partial charge in [0, 0.05) is 6.54 Å². The number of fused-ring (bicyclic) bond motifs is 1. The van der Waals surface area contributed by atoms with Gasteiger partial charge >= 0.3 is 19.9 Å². The molecule has 0 unspecified atom stereocenters. The highest BCUT2D eigenvalue weighted by Crippen LogP contribution is 2.59. The Kier molecular flexibility index (Phi) is 6.41. The second kappa shape index (κ2) is 7.87. The zero-order chi connectivity index (χ0) is 22.3. The summed E-state index contributed by atoms with van der Waals surface area (Å²) >= 11 is 5.87. The molecule has 0 spiro atoms. The number of hydrogen-bond acceptors (Lipinski definition) is 6. The van der Waals surface area contributed by atoms with E-state index in [0.29, 0.717) is 0 Å². The summed E-state index contributed by atoms with van der Waals surface area (Å²) in [5.74, 6) is -0.222. The summed E-state index contributed by atoms with van der Waals surface area (Å²) in [7, 11) is -6.02. The monoisotopic (exact) mass is 471 g/mol. The van der Waals surface area contributed by atoms with Gasteiger partial charge in [-0.25, -0.2) is 4.98 Å². The van der Waals surface area contributed by atoms with Crippen molar-refractivity contribution in [3.05, 3.63) is 11.5 Å². The van der Waals surface area contributed by atoms with Crippen LogP contribution < -0.4 is 5.73 Å². The van der Waals surface area contributed by atoms with E-state index in [4.69, 9.17) is 17.3 Å². The van der Waals surface area contributed by atoms with E-state index in [0.717, 1.165) is 10.9 Å². The molecule has 17 heteroatoms. The van der Waals surface area contributed by atoms with E-state index in [2.05, 4.69) is 19.7 Å². The van der Waals surface area contributed by atoms with Crippen LogP contribution >= 0.6 is 19.2 Å². The highest BCUT2D eigenvalue weighted by atomic mass is 35.5. The molecule has 2 heterocycles. The number of anilines is 1. The molecule has 0 amide bonds. The molecule has 9 nitrogen and oxygen atoms in total. The molecular formula is C12H13ClF6N5O4P. The highest BCUT2D eigenvalue weighted by molar-refractivity contribution is 7.53. The average Bonchev–Trinajstić information content (AvgIpc) is 2.85. The quantitative estimate of drug-likeness (QED) is 0.318. The van der Waals surface area contributed by atoms with E-state index in [1.807, 2.05) is 0 Å². The molecular weight excluding hydrogens is 459 g/mol. The summed E-state index contributed by atoms with van der Waals surface area (Å²) < 4.78 is 94.1. The van der Waals surface area contributed by atoms with Crippen molar-refractivity contribution >= 4 is 36.3 Å². The van der Waals surface area contributed by atoms with Crippen LogP contribution in [0.2, 0.25) is 5.15 Å². The van der Waals surface area contributed by atoms with E-state index in [1.54, 1.807) is 0 Å². The molecule has 2 rings (SSSR count). The Bertz CT molecular complexity index is 914. The second-order valence-electron chi connectivity index (χ2n) is 5.91. The Morgan fingerprint density at radius 3 is 2.17 bits per heavy atom. The molecule has 0 saturated heterocycles. The Morgan fingerprint density at radius 1 is 1.14 bits per heavy atom. The standard InChI is InChI=1S/C12H13ClF6N5O4P/c13-7-6-8(23-9(20)22-7)21-5-24(6)1-2-28-10(29(25,26)27,3-11(14,15)16)4-12(17,18)19/h5H,1-4H2,(H2,20,22,23)(H2,25,26,27). The fraction of sp³-hybridized carbons (Fsp3) is 0.583. The molecule has 0 aliphatic heterocycles. The number of aromatic nitrogens is 4. The van der Waals surface area contributed by atoms with Crippen LogP contribution in [0, 0.1) is 0 Å². The van der Waals surface area contributed by atoms with Crippen molar-refractivity contribution in [3.8, 4) is 0 Å². The van der Waals surface area contributed by atoms with Crippen molar-refractivity contribution in [1.29, 1.82) is 0 Å². The molecule has 2 aromatic heterocycles. The minimum absolute atomic E-state index is 0.00525. The first-order valence-electron chi connectivity index (χ1n) is 7.50. The van der Waals surface area contributed by atoms with Gasteiger partial charge in [-0.15, -0.1) is 0 Å². The zero-order valence-electron chi connectivity index (χ0n) is 14.1. The van der Waals surface area contributed by atoms with Gasteiger partial charge in [0.2, 0.25) is 5.95 Å². The third-order valence-corrected chi connectivity index (χ3v) is 5.40. The molecule has 0 saturated carbocycles. The number of nitrogens with zero attached hydrogens (tertiary/aromatic N) is 4. The first kappa shape index (κ1) is 23.6. The lowest BCUT2D eigenvalue weighted by molar-refractivity contribution is -0.211. The minimum atomic E-state index is -6.02. The molecule has 29 heavy (non-hydrogen) atoms. The van der Waals surface area contributed by atoms with Crippen molar-refractivity contribution in [2.45, 2.75) is 37.1 Å². The summed E-state index contributed by atoms with van der Waals surface area (Å²) in [6.07, 6.45) is -14.6. The normalized spacial score (nSPS) is 14.0. The number of hydrogen-bond donors (Lipinski definition) is 3. The Morgan fingerprint density at radius 2 is 1.69 bits per heavy atom. The number of imidazole rings is 1. The molecule has 0 aliphatic rings. The van der Waals surface area contributed by atoms with Crippen LogP contribution in [0.1, 0.15) is 12.8 Å². The molecule has 0 bridgehead atoms. The minimum Gasteiger partial charge on any atom is -0.368 e. The largest absolute Gasteiger partial charge is 0.392 e. The molecule has 0 aromatic carbocycles. The third-order valence-electron chi connectivity index (χ3n) is 3.63. The predicted molar refractivity (Wildman–Crippen MR) is 86.8 cm³/mol. The summed E-state index contributed by atoms with van der Waals surface area (Å²) in [6, 6.07) is 0. The van der Waals surface area contributed by atoms with E-state index in [-0.39, 0.29) is 22.3 Å². The Hall–Kier alpha value is -1.67. The fourth-order valence-electron chi connectivity index (χ4n) is 2.54. The van der Waals surface area contributed by atoms with Crippen molar-refractivity contribution in [2.75, 3.05) is 12.3 Å². The van der Waals surface area contributed by atoms with Crippen LogP contribution in [0.4, 0.5) is 32.3 Å². The lowest BCUT2D eigenvalue weighted by Gasteiger charge is -2.35. The topological polar surface area (TPSA) is 136 Å². The number of alkyl halides is 6. The van der Waals surface area contributed by atoms with Gasteiger partial charge in [-0.05, 0) is 0 Å². The number of ether oxygens (including phenoxy) is 1. The third kappa shape index (κ3) is 5.92. The van der Waals surface area contributed by atoms with Crippen LogP contribution in [0.25, 0.3) is 11.2 Å². The maximum absolute atomic E-state index is 12.8. The van der Waals surface area contributed by atoms with E-state index in [9.17, 15) is 40.7 Å². The first-order chi connectivity index (χ1) is 13.0. The molecule has 4 N–H and O–H groups in total. The van der Waals surface area contributed by atoms with Gasteiger partial charge in [0.05, 0.1) is 25.8 Å². The Labute approximate surface area is 163 Å². The molecule has 0 fully saturated rings. The maximum Gasteiger partial charge on any atom is 0.392 e. The number of halogens is 7. The van der Waals surface area contributed by atoms with Crippen LogP contribution in [-0.2, 0) is 15.8 Å². The summed E-state index contributed by atoms with van der Waals surface area (Å²) in [4.78, 5) is 29.7. The van der Waals surface area contributed by atoms with Crippen LogP contribution in [0.5, 0.6) is 0 Å². The maximum atomic E-state index is 12.8. The average molecular weight is 472 g/mol. The van der Waals surface area contributed by atoms with Crippen LogP contribution in [-0.4, -0.2) is 53.6 Å². The smallest absolute Gasteiger partial charge is 0.368 e. The van der Waals surface area contributed by atoms with Gasteiger partial charge in [0.1, 0.15) is 5.52 Å². The van der Waals surface area contributed by atoms with Crippen molar-refractivity contribution in [2.24, 2.45) is 0 Å². The molecule has 0 atom stereocenters. The summed E-state index contributed by atoms with van der Waals surface area (Å²) in [6.45, 7) is -1.40. The number of nitrogens with two attached hydrogens (primary N) is 1. The van der Waals surface area contributed by atoms with E-state index >= 15 is 0 Å². The van der Waals surface area contributed by atoms with Crippen LogP contribution in [0.15, 0.2) is 6.33 Å². The first-order valence-corrected chi connectivity index (χ1v) is 9.49. The lowest BCUT2D eigenvalue weighted by Crippen LogP contribution is -2.42. The van der Waals surface area contributed by atoms with E-state index in [1.165, 1.54) is 0 Å². The Balaban J connectivity index is 2.31. The van der Waals surface area contributed by atoms with Gasteiger partial charge in [-0.3, -0.25) is 4.57 Å². The second-order valence-corrected chi connectivity index (χ2v) is 8.17. The number of rotatable bonds is 7. The van der Waals surface area contributed by atoms with Gasteiger partial charge in [0.15, 0.2) is 16.1 Å². The van der Waals surface area contributed by atoms with Gasteiger partial charge < -0.3 is 24.8 Å². The van der Waals surface area contributed by atoms with Gasteiger partial charge in [0.25, 0.3) is 0 Å². The van der Waals surface area contributed by atoms with Gasteiger partial charge in [-0.2, -0.15) is 36.3 Å². The SMILES string of the molecule is Nc1nc(Cl)c2c(ncn2CCOC(CC(F)(F)F)(CC(F)(F)F)P(=O)(O)O)n1. The van der Waals surface area contributed by atoms with E-state index < -0.39 is 51.3 Å². The van der Waals surface area contributed by atoms with Crippen molar-refractivity contribution < 1.29 is 45.4 Å². The highest BCUT2D eigenvalue weighted by Gasteiger charge is 2.59. The summed E-state index contributed by atoms with van der Waals surface area (Å²) in [5.41, 5.74) is 5.42. The predicted octanol–water partition coefficient (Wildman–Crippen LogP) is 2.86. The molecule has 164 valence electrons. The number of nitrogen functional groups attached to an aromatic ring is 1. The molecule has 0 radical (unpaired) electrons. The van der Waals surface area contributed by atoms with Gasteiger partial charge in [-0.1, -0.05) is 11.6 Å². The fourth-order valence-corrected chi connectivity index (χ4v) is 3.85. The van der Waals surface area contributed by atoms with Crippen molar-refractivity contribution in [3.63, 3.8) is 0 Å². The van der Waals surface area contributed by atoms with Crippen LogP contribution in [0.3, 0.4) is 0 Å². The zero-order valence-corrected chi connectivity index (χ0v) is 15.7. The molecule has 0 aliphatic carbocycles. The molecule has 2 aromatic rings.